The van der Waals surface area contributed by atoms with E-state index in [0.717, 1.165) is 5.56 Å². The predicted molar refractivity (Wildman–Crippen MR) is 133 cm³/mol. The first-order chi connectivity index (χ1) is 16.8. The fraction of sp³-hybridized carbons (Fsp3) is 0.148. The summed E-state index contributed by atoms with van der Waals surface area (Å²) in [6.07, 6.45) is -0.742. The fourth-order valence-electron chi connectivity index (χ4n) is 3.50. The van der Waals surface area contributed by atoms with Crippen LogP contribution in [0.3, 0.4) is 0 Å². The van der Waals surface area contributed by atoms with Gasteiger partial charge < -0.3 is 19.2 Å². The summed E-state index contributed by atoms with van der Waals surface area (Å²) in [4.78, 5) is 37.6. The zero-order valence-electron chi connectivity index (χ0n) is 19.0. The molecule has 4 rings (SSSR count). The first kappa shape index (κ1) is 24.0. The maximum Gasteiger partial charge on any atom is 0.408 e. The number of carbonyl (C=O) groups is 2. The van der Waals surface area contributed by atoms with Crippen molar-refractivity contribution in [2.24, 2.45) is 0 Å². The van der Waals surface area contributed by atoms with E-state index in [1.54, 1.807) is 31.2 Å². The van der Waals surface area contributed by atoms with Gasteiger partial charge in [0.2, 0.25) is 5.43 Å². The third kappa shape index (κ3) is 5.70. The third-order valence-corrected chi connectivity index (χ3v) is 5.54. The highest BCUT2D eigenvalue weighted by atomic mass is 35.5. The smallest absolute Gasteiger partial charge is 0.408 e. The highest BCUT2D eigenvalue weighted by Gasteiger charge is 2.20. The van der Waals surface area contributed by atoms with Gasteiger partial charge in [0.25, 0.3) is 0 Å². The monoisotopic (exact) mass is 491 g/mol. The van der Waals surface area contributed by atoms with E-state index >= 15 is 0 Å². The van der Waals surface area contributed by atoms with Gasteiger partial charge in [0.05, 0.1) is 10.9 Å². The minimum absolute atomic E-state index is 0.0789. The second-order valence-corrected chi connectivity index (χ2v) is 8.31. The van der Waals surface area contributed by atoms with Gasteiger partial charge in [0.1, 0.15) is 29.7 Å². The molecular formula is C27H22ClNO6. The Kier molecular flexibility index (Phi) is 7.17. The molecule has 1 heterocycles. The first-order valence-electron chi connectivity index (χ1n) is 10.8. The zero-order valence-corrected chi connectivity index (χ0v) is 19.8. The summed E-state index contributed by atoms with van der Waals surface area (Å²) < 4.78 is 16.4. The molecule has 0 radical (unpaired) electrons. The quantitative estimate of drug-likeness (QED) is 0.277. The number of amides is 1. The van der Waals surface area contributed by atoms with Gasteiger partial charge in [0.15, 0.2) is 0 Å². The molecule has 0 aliphatic rings. The van der Waals surface area contributed by atoms with Crippen molar-refractivity contribution in [3.63, 3.8) is 0 Å². The molecule has 35 heavy (non-hydrogen) atoms. The van der Waals surface area contributed by atoms with Gasteiger partial charge in [-0.1, -0.05) is 54.1 Å². The maximum atomic E-state index is 13.1. The summed E-state index contributed by atoms with van der Waals surface area (Å²) >= 11 is 5.95. The summed E-state index contributed by atoms with van der Waals surface area (Å²) in [5, 5.41) is 3.35. The maximum absolute atomic E-state index is 13.1. The minimum Gasteiger partial charge on any atom is -0.460 e. The molecule has 0 saturated heterocycles. The third-order valence-electron chi connectivity index (χ3n) is 5.29. The summed E-state index contributed by atoms with van der Waals surface area (Å²) in [6, 6.07) is 19.6. The lowest BCUT2D eigenvalue weighted by Crippen LogP contribution is -2.41. The molecule has 0 spiro atoms. The van der Waals surface area contributed by atoms with Crippen LogP contribution in [0.5, 0.6) is 5.75 Å². The molecule has 0 saturated carbocycles. The van der Waals surface area contributed by atoms with Crippen LogP contribution in [0.15, 0.2) is 82.0 Å². The van der Waals surface area contributed by atoms with Crippen LogP contribution in [0, 0.1) is 6.92 Å². The molecule has 7 nitrogen and oxygen atoms in total. The number of esters is 1. The molecule has 1 N–H and O–H groups in total. The number of hydrogen-bond donors (Lipinski definition) is 1. The van der Waals surface area contributed by atoms with Gasteiger partial charge in [-0.3, -0.25) is 4.79 Å². The number of benzene rings is 3. The zero-order chi connectivity index (χ0) is 24.9. The van der Waals surface area contributed by atoms with Crippen molar-refractivity contribution in [2.75, 3.05) is 0 Å². The van der Waals surface area contributed by atoms with Gasteiger partial charge in [-0.15, -0.1) is 0 Å². The molecule has 178 valence electrons. The Hall–Kier alpha value is -4.10. The second kappa shape index (κ2) is 10.4. The van der Waals surface area contributed by atoms with Gasteiger partial charge in [-0.05, 0) is 49.2 Å². The average molecular weight is 492 g/mol. The normalized spacial score (nSPS) is 11.6. The van der Waals surface area contributed by atoms with Gasteiger partial charge in [0, 0.05) is 11.1 Å². The molecule has 0 unspecified atom stereocenters. The minimum atomic E-state index is -0.963. The molecule has 0 fully saturated rings. The summed E-state index contributed by atoms with van der Waals surface area (Å²) in [5.41, 5.74) is 2.02. The Morgan fingerprint density at radius 2 is 1.74 bits per heavy atom. The highest BCUT2D eigenvalue weighted by molar-refractivity contribution is 6.30. The number of hydrogen-bond acceptors (Lipinski definition) is 6. The number of halogens is 1. The number of ether oxygens (including phenoxy) is 2. The number of alkyl carbamates (subject to hydrolysis) is 1. The van der Waals surface area contributed by atoms with Crippen LogP contribution < -0.4 is 15.5 Å². The van der Waals surface area contributed by atoms with Crippen LogP contribution in [0.2, 0.25) is 5.02 Å². The van der Waals surface area contributed by atoms with E-state index in [2.05, 4.69) is 5.32 Å². The SMILES string of the molecule is Cc1oc2cc(OC(=O)[C@@H](C)NC(=O)OCc3ccccc3)ccc2c(=O)c1-c1ccc(Cl)cc1. The van der Waals surface area contributed by atoms with Gasteiger partial charge in [-0.25, -0.2) is 9.59 Å². The molecule has 1 aromatic heterocycles. The molecule has 0 bridgehead atoms. The van der Waals surface area contributed by atoms with Crippen molar-refractivity contribution in [1.82, 2.24) is 5.32 Å². The lowest BCUT2D eigenvalue weighted by molar-refractivity contribution is -0.136. The van der Waals surface area contributed by atoms with E-state index in [1.165, 1.54) is 25.1 Å². The van der Waals surface area contributed by atoms with Crippen molar-refractivity contribution in [3.8, 4) is 16.9 Å². The summed E-state index contributed by atoms with van der Waals surface area (Å²) in [5.74, 6) is -0.0991. The number of fused-ring (bicyclic) bond motifs is 1. The average Bonchev–Trinajstić information content (AvgIpc) is 2.84. The van der Waals surface area contributed by atoms with Crippen LogP contribution in [-0.4, -0.2) is 18.1 Å². The highest BCUT2D eigenvalue weighted by Crippen LogP contribution is 2.27. The molecule has 3 aromatic carbocycles. The Balaban J connectivity index is 1.44. The Bertz CT molecular complexity index is 1430. The second-order valence-electron chi connectivity index (χ2n) is 7.88. The summed E-state index contributed by atoms with van der Waals surface area (Å²) in [6.45, 7) is 3.25. The molecule has 1 atom stereocenters. The van der Waals surface area contributed by atoms with Crippen LogP contribution in [0.1, 0.15) is 18.2 Å². The molecule has 1 amide bonds. The van der Waals surface area contributed by atoms with E-state index in [-0.39, 0.29) is 23.4 Å². The van der Waals surface area contributed by atoms with E-state index < -0.39 is 18.1 Å². The molecular weight excluding hydrogens is 470 g/mol. The predicted octanol–water partition coefficient (Wildman–Crippen LogP) is 5.64. The molecule has 4 aromatic rings. The van der Waals surface area contributed by atoms with E-state index in [4.69, 9.17) is 25.5 Å². The number of nitrogens with one attached hydrogen (secondary N) is 1. The van der Waals surface area contributed by atoms with Crippen molar-refractivity contribution < 1.29 is 23.5 Å². The van der Waals surface area contributed by atoms with Crippen molar-refractivity contribution in [1.29, 1.82) is 0 Å². The van der Waals surface area contributed by atoms with Crippen molar-refractivity contribution in [2.45, 2.75) is 26.5 Å². The van der Waals surface area contributed by atoms with Crippen LogP contribution >= 0.6 is 11.6 Å². The topological polar surface area (TPSA) is 94.8 Å². The van der Waals surface area contributed by atoms with Gasteiger partial charge in [-0.2, -0.15) is 0 Å². The summed E-state index contributed by atoms with van der Waals surface area (Å²) in [7, 11) is 0. The standard InChI is InChI=1S/C27H22ClNO6/c1-16(29-27(32)33-15-18-6-4-3-5-7-18)26(31)35-21-12-13-22-23(14-21)34-17(2)24(25(22)30)19-8-10-20(28)11-9-19/h3-14,16H,15H2,1-2H3,(H,29,32)/t16-/m1/s1. The Labute approximate surface area is 206 Å². The van der Waals surface area contributed by atoms with Crippen molar-refractivity contribution in [3.05, 3.63) is 99.4 Å². The van der Waals surface area contributed by atoms with Crippen LogP contribution in [0.4, 0.5) is 4.79 Å². The first-order valence-corrected chi connectivity index (χ1v) is 11.2. The molecule has 8 heteroatoms. The van der Waals surface area contributed by atoms with E-state index in [9.17, 15) is 14.4 Å². The van der Waals surface area contributed by atoms with E-state index in [1.807, 2.05) is 30.3 Å². The van der Waals surface area contributed by atoms with E-state index in [0.29, 0.717) is 27.3 Å². The molecule has 0 aliphatic carbocycles. The van der Waals surface area contributed by atoms with Crippen LogP contribution in [0.25, 0.3) is 22.1 Å². The largest absolute Gasteiger partial charge is 0.460 e. The Morgan fingerprint density at radius 1 is 1.03 bits per heavy atom. The lowest BCUT2D eigenvalue weighted by atomic mass is 10.0. The lowest BCUT2D eigenvalue weighted by Gasteiger charge is -2.14. The number of rotatable bonds is 6. The Morgan fingerprint density at radius 3 is 2.46 bits per heavy atom. The van der Waals surface area contributed by atoms with Crippen LogP contribution in [-0.2, 0) is 16.1 Å². The molecule has 0 aliphatic heterocycles. The number of carbonyl (C=O) groups excluding carboxylic acids is 2. The fourth-order valence-corrected chi connectivity index (χ4v) is 3.63. The number of aryl methyl sites for hydroxylation is 1. The van der Waals surface area contributed by atoms with Gasteiger partial charge >= 0.3 is 12.1 Å². The van der Waals surface area contributed by atoms with Crippen molar-refractivity contribution >= 4 is 34.6 Å².